The summed E-state index contributed by atoms with van der Waals surface area (Å²) < 4.78 is 0. The zero-order valence-electron chi connectivity index (χ0n) is 6.97. The fourth-order valence-corrected chi connectivity index (χ4v) is 4.35. The van der Waals surface area contributed by atoms with Gasteiger partial charge in [0.15, 0.2) is 11.7 Å². The molecule has 58 valence electrons. The molecule has 0 amide bonds. The van der Waals surface area contributed by atoms with E-state index in [9.17, 15) is 9.59 Å². The number of hydrogen-bond acceptors (Lipinski definition) is 2. The molecule has 1 unspecified atom stereocenters. The van der Waals surface area contributed by atoms with Gasteiger partial charge in [-0.05, 0) is 0 Å². The summed E-state index contributed by atoms with van der Waals surface area (Å²) in [6, 6.07) is 0. The molecule has 0 aliphatic rings. The van der Waals surface area contributed by atoms with E-state index in [1.54, 1.807) is 0 Å². The van der Waals surface area contributed by atoms with Crippen LogP contribution in [0.1, 0.15) is 0 Å². The van der Waals surface area contributed by atoms with Gasteiger partial charge in [0.05, 0.1) is 0 Å². The number of carbonyl (C=O) groups excluding carboxylic acids is 2. The summed E-state index contributed by atoms with van der Waals surface area (Å²) in [6.07, 6.45) is 0.495. The Morgan fingerprint density at radius 3 is 1.90 bits per heavy atom. The van der Waals surface area contributed by atoms with E-state index in [0.29, 0.717) is 6.29 Å². The Morgan fingerprint density at radius 1 is 1.40 bits per heavy atom. The van der Waals surface area contributed by atoms with Crippen LogP contribution in [0.2, 0.25) is 26.2 Å². The van der Waals surface area contributed by atoms with E-state index in [4.69, 9.17) is 0 Å². The highest BCUT2D eigenvalue weighted by Crippen LogP contribution is 2.05. The van der Waals surface area contributed by atoms with Crippen molar-refractivity contribution in [1.29, 1.82) is 0 Å². The van der Waals surface area contributed by atoms with E-state index < -0.39 is 15.9 Å². The molecule has 10 heavy (non-hydrogen) atoms. The second-order valence-electron chi connectivity index (χ2n) is 3.61. The van der Waals surface area contributed by atoms with Gasteiger partial charge in [0.1, 0.15) is 8.31 Å². The van der Waals surface area contributed by atoms with Crippen LogP contribution in [0.15, 0.2) is 0 Å². The van der Waals surface area contributed by atoms with Crippen LogP contribution in [0.25, 0.3) is 0 Å². The zero-order chi connectivity index (χ0) is 8.36. The lowest BCUT2D eigenvalue weighted by atomic mass is 10.9. The Balaban J connectivity index is 4.21. The molecule has 0 radical (unpaired) electrons. The van der Waals surface area contributed by atoms with Crippen LogP contribution in [0.4, 0.5) is 0 Å². The highest BCUT2D eigenvalue weighted by molar-refractivity contribution is 7.44. The van der Waals surface area contributed by atoms with E-state index in [-0.39, 0.29) is 5.41 Å². The van der Waals surface area contributed by atoms with E-state index in [0.717, 1.165) is 0 Å². The molecule has 0 aliphatic heterocycles. The molecule has 0 aromatic rings. The maximum absolute atomic E-state index is 10.9. The Bertz CT molecular complexity index is 148. The molecule has 2 nitrogen and oxygen atoms in total. The molecule has 0 heterocycles. The predicted molar refractivity (Wildman–Crippen MR) is 47.4 cm³/mol. The van der Waals surface area contributed by atoms with Crippen molar-refractivity contribution in [2.45, 2.75) is 26.2 Å². The monoisotopic (exact) mass is 174 g/mol. The van der Waals surface area contributed by atoms with Gasteiger partial charge in [-0.25, -0.2) is 0 Å². The molecule has 0 rings (SSSR count). The molecule has 0 fully saturated rings. The third kappa shape index (κ3) is 2.57. The van der Waals surface area contributed by atoms with Gasteiger partial charge in [-0.2, -0.15) is 0 Å². The lowest BCUT2D eigenvalue weighted by Crippen LogP contribution is -2.47. The average Bonchev–Trinajstić information content (AvgIpc) is 1.83. The summed E-state index contributed by atoms with van der Waals surface area (Å²) in [4.78, 5) is 21.0. The van der Waals surface area contributed by atoms with Crippen LogP contribution in [0, 0.1) is 0 Å². The van der Waals surface area contributed by atoms with Gasteiger partial charge in [-0.15, -0.1) is 0 Å². The Hall–Kier alpha value is -0.226. The van der Waals surface area contributed by atoms with Gasteiger partial charge in [0, 0.05) is 7.59 Å². The van der Waals surface area contributed by atoms with Crippen LogP contribution in [0.5, 0.6) is 0 Å². The Kier molecular flexibility index (Phi) is 3.18. The quantitative estimate of drug-likeness (QED) is 0.356. The molecule has 0 spiro atoms. The second kappa shape index (κ2) is 3.25. The molecule has 0 saturated heterocycles. The molecule has 0 N–H and O–H groups in total. The van der Waals surface area contributed by atoms with Crippen molar-refractivity contribution in [3.63, 3.8) is 0 Å². The van der Waals surface area contributed by atoms with E-state index >= 15 is 0 Å². The van der Waals surface area contributed by atoms with Crippen LogP contribution < -0.4 is 0 Å². The van der Waals surface area contributed by atoms with Crippen LogP contribution >= 0.6 is 0 Å². The predicted octanol–water partition coefficient (Wildman–Crippen LogP) is 0.567. The van der Waals surface area contributed by atoms with E-state index in [1.807, 2.05) is 6.55 Å². The number of rotatable bonds is 3. The first-order valence-electron chi connectivity index (χ1n) is 3.38. The molecular weight excluding hydrogens is 160 g/mol. The fraction of sp³-hybridized carbons (Fsp3) is 0.667. The SMILES string of the molecule is C[SiH](C(=O)C=O)[Si](C)(C)C. The van der Waals surface area contributed by atoms with Crippen molar-refractivity contribution in [3.8, 4) is 0 Å². The van der Waals surface area contributed by atoms with E-state index in [2.05, 4.69) is 19.6 Å². The zero-order valence-corrected chi connectivity index (χ0v) is 9.13. The van der Waals surface area contributed by atoms with Crippen LogP contribution in [-0.2, 0) is 9.59 Å². The standard InChI is InChI=1S/C6H14O2Si2/c1-9(6(8)5-7)10(2,3)4/h5,9H,1-4H3. The largest absolute Gasteiger partial charge is 0.298 e. The maximum Gasteiger partial charge on any atom is 0.179 e. The summed E-state index contributed by atoms with van der Waals surface area (Å²) in [7, 11) is -2.64. The molecule has 4 heteroatoms. The molecule has 0 aromatic carbocycles. The van der Waals surface area contributed by atoms with Crippen molar-refractivity contribution < 1.29 is 9.59 Å². The summed E-state index contributed by atoms with van der Waals surface area (Å²) in [5, 5.41) is -0.112. The first-order valence-corrected chi connectivity index (χ1v) is 10.4. The maximum atomic E-state index is 10.9. The van der Waals surface area contributed by atoms with Crippen molar-refractivity contribution >= 4 is 27.6 Å². The first-order chi connectivity index (χ1) is 4.39. The molecule has 0 aromatic heterocycles. The van der Waals surface area contributed by atoms with Crippen molar-refractivity contribution in [1.82, 2.24) is 0 Å². The van der Waals surface area contributed by atoms with Gasteiger partial charge in [-0.3, -0.25) is 9.59 Å². The summed E-state index contributed by atoms with van der Waals surface area (Å²) in [5.41, 5.74) is 0. The van der Waals surface area contributed by atoms with Gasteiger partial charge >= 0.3 is 0 Å². The van der Waals surface area contributed by atoms with Gasteiger partial charge < -0.3 is 0 Å². The van der Waals surface area contributed by atoms with E-state index in [1.165, 1.54) is 0 Å². The lowest BCUT2D eigenvalue weighted by Gasteiger charge is -2.19. The topological polar surface area (TPSA) is 34.1 Å². The van der Waals surface area contributed by atoms with Crippen LogP contribution in [0.3, 0.4) is 0 Å². The van der Waals surface area contributed by atoms with Crippen molar-refractivity contribution in [2.75, 3.05) is 0 Å². The van der Waals surface area contributed by atoms with Gasteiger partial charge in [0.2, 0.25) is 0 Å². The Labute approximate surface area is 64.0 Å². The highest BCUT2D eigenvalue weighted by atomic mass is 29.2. The summed E-state index contributed by atoms with van der Waals surface area (Å²) in [6.45, 7) is 8.41. The summed E-state index contributed by atoms with van der Waals surface area (Å²) in [5.74, 6) is 0. The first kappa shape index (κ1) is 9.77. The minimum Gasteiger partial charge on any atom is -0.298 e. The normalized spacial score (nSPS) is 14.4. The molecule has 0 bridgehead atoms. The fourth-order valence-electron chi connectivity index (χ4n) is 0.529. The van der Waals surface area contributed by atoms with Gasteiger partial charge in [-0.1, -0.05) is 26.2 Å². The third-order valence-electron chi connectivity index (χ3n) is 1.84. The number of aldehydes is 1. The average molecular weight is 174 g/mol. The number of hydrogen-bond donors (Lipinski definition) is 0. The number of carbonyl (C=O) groups is 2. The lowest BCUT2D eigenvalue weighted by molar-refractivity contribution is -0.125. The Morgan fingerprint density at radius 2 is 1.80 bits per heavy atom. The second-order valence-corrected chi connectivity index (χ2v) is 18.1. The molecule has 1 atom stereocenters. The molecule has 0 aliphatic carbocycles. The summed E-state index contributed by atoms with van der Waals surface area (Å²) >= 11 is 0. The van der Waals surface area contributed by atoms with Crippen molar-refractivity contribution in [2.24, 2.45) is 0 Å². The highest BCUT2D eigenvalue weighted by Gasteiger charge is 2.29. The third-order valence-corrected chi connectivity index (χ3v) is 14.1. The minimum atomic E-state index is -1.35. The minimum absolute atomic E-state index is 0.112. The molecular formula is C6H14O2Si2. The van der Waals surface area contributed by atoms with Crippen LogP contribution in [-0.4, -0.2) is 27.6 Å². The van der Waals surface area contributed by atoms with Crippen molar-refractivity contribution in [3.05, 3.63) is 0 Å². The molecule has 0 saturated carbocycles. The van der Waals surface area contributed by atoms with Gasteiger partial charge in [0.25, 0.3) is 0 Å². The smallest absolute Gasteiger partial charge is 0.179 e.